The summed E-state index contributed by atoms with van der Waals surface area (Å²) in [6, 6.07) is 7.81. The van der Waals surface area contributed by atoms with Crippen molar-refractivity contribution in [1.29, 1.82) is 0 Å². The first-order valence-corrected chi connectivity index (χ1v) is 8.01. The van der Waals surface area contributed by atoms with E-state index in [4.69, 9.17) is 4.74 Å². The maximum Gasteiger partial charge on any atom is 0.226 e. The minimum atomic E-state index is 0.00881. The number of carbonyl (C=O) groups excluding carboxylic acids is 1. The average molecular weight is 302 g/mol. The van der Waals surface area contributed by atoms with Crippen molar-refractivity contribution >= 4 is 22.4 Å². The van der Waals surface area contributed by atoms with Gasteiger partial charge >= 0.3 is 0 Å². The molecule has 1 saturated carbocycles. The Morgan fingerprint density at radius 3 is 3.10 bits per heavy atom. The number of benzene rings is 1. The molecule has 2 aromatic rings. The summed E-state index contributed by atoms with van der Waals surface area (Å²) in [6.07, 6.45) is 3.61. The number of methoxy groups -OCH3 is 1. The minimum absolute atomic E-state index is 0.00881. The number of aromatic nitrogens is 1. The molecule has 1 aromatic carbocycles. The monoisotopic (exact) mass is 302 g/mol. The van der Waals surface area contributed by atoms with Crippen molar-refractivity contribution < 1.29 is 9.53 Å². The summed E-state index contributed by atoms with van der Waals surface area (Å²) in [5, 5.41) is 5.65. The first-order valence-electron chi connectivity index (χ1n) is 7.13. The molecule has 5 heteroatoms. The SMILES string of the molecule is COc1cccc(CCC(=O)Nc2nc(C3CC3)cs2)c1. The number of amides is 1. The number of anilines is 1. The largest absolute Gasteiger partial charge is 0.497 e. The van der Waals surface area contributed by atoms with Crippen molar-refractivity contribution in [2.75, 3.05) is 12.4 Å². The van der Waals surface area contributed by atoms with Gasteiger partial charge in [0.2, 0.25) is 5.91 Å². The zero-order valence-electron chi connectivity index (χ0n) is 12.0. The number of nitrogens with zero attached hydrogens (tertiary/aromatic N) is 1. The molecule has 1 heterocycles. The van der Waals surface area contributed by atoms with Crippen LogP contribution in [0.5, 0.6) is 5.75 Å². The number of carbonyl (C=O) groups is 1. The molecule has 0 spiro atoms. The van der Waals surface area contributed by atoms with Crippen LogP contribution < -0.4 is 10.1 Å². The van der Waals surface area contributed by atoms with Gasteiger partial charge in [-0.2, -0.15) is 0 Å². The number of aryl methyl sites for hydroxylation is 1. The van der Waals surface area contributed by atoms with E-state index in [1.807, 2.05) is 24.3 Å². The highest BCUT2D eigenvalue weighted by molar-refractivity contribution is 7.13. The molecule has 0 unspecified atom stereocenters. The van der Waals surface area contributed by atoms with Gasteiger partial charge in [-0.3, -0.25) is 4.79 Å². The average Bonchev–Trinajstić information content (AvgIpc) is 3.26. The van der Waals surface area contributed by atoms with Crippen LogP contribution in [0.15, 0.2) is 29.6 Å². The van der Waals surface area contributed by atoms with Gasteiger partial charge in [-0.15, -0.1) is 11.3 Å². The van der Waals surface area contributed by atoms with E-state index < -0.39 is 0 Å². The Hall–Kier alpha value is -1.88. The molecule has 1 aliphatic carbocycles. The van der Waals surface area contributed by atoms with Crippen LogP contribution >= 0.6 is 11.3 Å². The molecule has 1 fully saturated rings. The molecule has 21 heavy (non-hydrogen) atoms. The molecule has 1 aromatic heterocycles. The summed E-state index contributed by atoms with van der Waals surface area (Å²) in [4.78, 5) is 16.4. The molecule has 0 atom stereocenters. The smallest absolute Gasteiger partial charge is 0.226 e. The van der Waals surface area contributed by atoms with Crippen LogP contribution in [0.4, 0.5) is 5.13 Å². The lowest BCUT2D eigenvalue weighted by Crippen LogP contribution is -2.12. The third-order valence-corrected chi connectivity index (χ3v) is 4.31. The van der Waals surface area contributed by atoms with Crippen LogP contribution in [0, 0.1) is 0 Å². The van der Waals surface area contributed by atoms with Gasteiger partial charge in [-0.1, -0.05) is 12.1 Å². The van der Waals surface area contributed by atoms with E-state index in [9.17, 15) is 4.79 Å². The second-order valence-corrected chi connectivity index (χ2v) is 6.11. The van der Waals surface area contributed by atoms with Crippen LogP contribution in [-0.4, -0.2) is 18.0 Å². The van der Waals surface area contributed by atoms with Crippen LogP contribution in [0.25, 0.3) is 0 Å². The molecular weight excluding hydrogens is 284 g/mol. The van der Waals surface area contributed by atoms with Crippen molar-refractivity contribution in [2.24, 2.45) is 0 Å². The lowest BCUT2D eigenvalue weighted by Gasteiger charge is -2.04. The number of hydrogen-bond acceptors (Lipinski definition) is 4. The Labute approximate surface area is 128 Å². The molecule has 0 bridgehead atoms. The second-order valence-electron chi connectivity index (χ2n) is 5.25. The molecule has 4 nitrogen and oxygen atoms in total. The van der Waals surface area contributed by atoms with E-state index in [-0.39, 0.29) is 5.91 Å². The van der Waals surface area contributed by atoms with Crippen LogP contribution in [0.3, 0.4) is 0 Å². The molecule has 0 radical (unpaired) electrons. The summed E-state index contributed by atoms with van der Waals surface area (Å²) in [6.45, 7) is 0. The van der Waals surface area contributed by atoms with Gasteiger partial charge in [0.1, 0.15) is 5.75 Å². The van der Waals surface area contributed by atoms with Gasteiger partial charge < -0.3 is 10.1 Å². The predicted molar refractivity (Wildman–Crippen MR) is 84.0 cm³/mol. The lowest BCUT2D eigenvalue weighted by atomic mass is 10.1. The number of rotatable bonds is 6. The normalized spacial score (nSPS) is 14.0. The van der Waals surface area contributed by atoms with E-state index in [1.165, 1.54) is 24.2 Å². The second kappa shape index (κ2) is 6.26. The van der Waals surface area contributed by atoms with E-state index in [0.717, 1.165) is 17.0 Å². The third kappa shape index (κ3) is 3.82. The fraction of sp³-hybridized carbons (Fsp3) is 0.375. The molecule has 0 aliphatic heterocycles. The predicted octanol–water partition coefficient (Wildman–Crippen LogP) is 3.60. The minimum Gasteiger partial charge on any atom is -0.497 e. The molecule has 3 rings (SSSR count). The van der Waals surface area contributed by atoms with Crippen molar-refractivity contribution in [3.63, 3.8) is 0 Å². The Balaban J connectivity index is 1.51. The Morgan fingerprint density at radius 2 is 2.33 bits per heavy atom. The maximum atomic E-state index is 12.0. The maximum absolute atomic E-state index is 12.0. The molecule has 0 saturated heterocycles. The summed E-state index contributed by atoms with van der Waals surface area (Å²) in [7, 11) is 1.64. The summed E-state index contributed by atoms with van der Waals surface area (Å²) in [5.74, 6) is 1.46. The fourth-order valence-electron chi connectivity index (χ4n) is 2.18. The highest BCUT2D eigenvalue weighted by Crippen LogP contribution is 2.40. The van der Waals surface area contributed by atoms with Crippen LogP contribution in [-0.2, 0) is 11.2 Å². The number of ether oxygens (including phenoxy) is 1. The highest BCUT2D eigenvalue weighted by Gasteiger charge is 2.26. The topological polar surface area (TPSA) is 51.2 Å². The van der Waals surface area contributed by atoms with Crippen molar-refractivity contribution in [2.45, 2.75) is 31.6 Å². The van der Waals surface area contributed by atoms with Crippen LogP contribution in [0.2, 0.25) is 0 Å². The van der Waals surface area contributed by atoms with Crippen molar-refractivity contribution in [1.82, 2.24) is 4.98 Å². The van der Waals surface area contributed by atoms with Crippen LogP contribution in [0.1, 0.15) is 36.4 Å². The van der Waals surface area contributed by atoms with Gasteiger partial charge in [0.25, 0.3) is 0 Å². The van der Waals surface area contributed by atoms with E-state index in [2.05, 4.69) is 15.7 Å². The molecule has 1 N–H and O–H groups in total. The summed E-state index contributed by atoms with van der Waals surface area (Å²) in [5.41, 5.74) is 2.23. The summed E-state index contributed by atoms with van der Waals surface area (Å²) < 4.78 is 5.18. The third-order valence-electron chi connectivity index (χ3n) is 3.54. The standard InChI is InChI=1S/C16H18N2O2S/c1-20-13-4-2-3-11(9-13)5-8-15(19)18-16-17-14(10-21-16)12-6-7-12/h2-4,9-10,12H,5-8H2,1H3,(H,17,18,19). The Kier molecular flexibility index (Phi) is 4.20. The van der Waals surface area contributed by atoms with Crippen molar-refractivity contribution in [3.05, 3.63) is 40.9 Å². The Bertz CT molecular complexity index is 635. The lowest BCUT2D eigenvalue weighted by molar-refractivity contribution is -0.116. The summed E-state index contributed by atoms with van der Waals surface area (Å²) >= 11 is 1.51. The highest BCUT2D eigenvalue weighted by atomic mass is 32.1. The first-order chi connectivity index (χ1) is 10.2. The first kappa shape index (κ1) is 14.1. The van der Waals surface area contributed by atoms with Gasteiger partial charge in [-0.05, 0) is 37.0 Å². The number of hydrogen-bond donors (Lipinski definition) is 1. The number of thiazole rings is 1. The van der Waals surface area contributed by atoms with Gasteiger partial charge in [-0.25, -0.2) is 4.98 Å². The van der Waals surface area contributed by atoms with Crippen molar-refractivity contribution in [3.8, 4) is 5.75 Å². The zero-order valence-corrected chi connectivity index (χ0v) is 12.8. The Morgan fingerprint density at radius 1 is 1.48 bits per heavy atom. The van der Waals surface area contributed by atoms with Gasteiger partial charge in [0.05, 0.1) is 12.8 Å². The van der Waals surface area contributed by atoms with Gasteiger partial charge in [0, 0.05) is 17.7 Å². The zero-order chi connectivity index (χ0) is 14.7. The number of nitrogens with one attached hydrogen (secondary N) is 1. The van der Waals surface area contributed by atoms with E-state index >= 15 is 0 Å². The molecular formula is C16H18N2O2S. The molecule has 1 aliphatic rings. The molecule has 110 valence electrons. The fourth-order valence-corrected chi connectivity index (χ4v) is 2.99. The van der Waals surface area contributed by atoms with Gasteiger partial charge in [0.15, 0.2) is 5.13 Å². The quantitative estimate of drug-likeness (QED) is 0.887. The van der Waals surface area contributed by atoms with E-state index in [0.29, 0.717) is 23.9 Å². The van der Waals surface area contributed by atoms with E-state index in [1.54, 1.807) is 7.11 Å². The molecule has 1 amide bonds.